The molecule has 1 saturated carbocycles. The zero-order chi connectivity index (χ0) is 54.4. The fourth-order valence-corrected chi connectivity index (χ4v) is 11.2. The van der Waals surface area contributed by atoms with Gasteiger partial charge in [-0.15, -0.1) is 0 Å². The summed E-state index contributed by atoms with van der Waals surface area (Å²) in [4.78, 5) is 40.3. The summed E-state index contributed by atoms with van der Waals surface area (Å²) >= 11 is 0. The summed E-state index contributed by atoms with van der Waals surface area (Å²) in [6.07, 6.45) is 15.8. The number of allylic oxidation sites excluding steroid dienone is 1. The molecule has 2 aromatic heterocycles. The topological polar surface area (TPSA) is 262 Å². The number of nitriles is 1. The van der Waals surface area contributed by atoms with E-state index in [4.69, 9.17) is 31.7 Å². The van der Waals surface area contributed by atoms with Crippen molar-refractivity contribution < 1.29 is 29.1 Å². The van der Waals surface area contributed by atoms with Gasteiger partial charge in [0.05, 0.1) is 29.5 Å². The maximum Gasteiger partial charge on any atom is 0.243 e. The number of rotatable bonds is 18. The van der Waals surface area contributed by atoms with E-state index in [1.807, 2.05) is 57.2 Å². The molecule has 5 aliphatic rings. The van der Waals surface area contributed by atoms with Gasteiger partial charge in [-0.05, 0) is 143 Å². The molecule has 5 fully saturated rings. The number of pyridine rings is 1. The molecule has 0 bridgehead atoms. The van der Waals surface area contributed by atoms with Gasteiger partial charge in [0.2, 0.25) is 17.7 Å². The molecular formula is C59H82N12O6. The van der Waals surface area contributed by atoms with E-state index in [2.05, 4.69) is 41.5 Å². The second kappa shape index (κ2) is 27.0. The fourth-order valence-electron chi connectivity index (χ4n) is 11.2. The van der Waals surface area contributed by atoms with E-state index in [1.165, 1.54) is 19.3 Å². The quantitative estimate of drug-likeness (QED) is 0.0520. The fraction of sp³-hybridized carbons (Fsp3) is 0.542. The smallest absolute Gasteiger partial charge is 0.243 e. The molecule has 0 radical (unpaired) electrons. The number of anilines is 1. The van der Waals surface area contributed by atoms with Crippen LogP contribution in [0.5, 0.6) is 11.6 Å². The summed E-state index contributed by atoms with van der Waals surface area (Å²) in [5, 5.41) is 40.2. The molecule has 4 aromatic rings. The van der Waals surface area contributed by atoms with Crippen LogP contribution in [-0.4, -0.2) is 124 Å². The third kappa shape index (κ3) is 15.2. The summed E-state index contributed by atoms with van der Waals surface area (Å²) in [6.45, 7) is 13.6. The highest BCUT2D eigenvalue weighted by Gasteiger charge is 2.41. The van der Waals surface area contributed by atoms with Crippen LogP contribution in [0.1, 0.15) is 138 Å². The lowest BCUT2D eigenvalue weighted by molar-refractivity contribution is -0.141. The number of nitrogens with one attached hydrogen (secondary N) is 2. The Bertz CT molecular complexity index is 2660. The van der Waals surface area contributed by atoms with Crippen LogP contribution < -0.4 is 37.5 Å². The zero-order valence-electron chi connectivity index (χ0n) is 45.4. The van der Waals surface area contributed by atoms with Crippen LogP contribution in [0.15, 0.2) is 95.0 Å². The average Bonchev–Trinajstić information content (AvgIpc) is 4.12. The van der Waals surface area contributed by atoms with Crippen LogP contribution in [0.3, 0.4) is 0 Å². The summed E-state index contributed by atoms with van der Waals surface area (Å²) in [5.41, 5.74) is 22.8. The lowest BCUT2D eigenvalue weighted by Crippen LogP contribution is -2.48. The minimum atomic E-state index is -0.529. The van der Waals surface area contributed by atoms with Crippen LogP contribution in [0.2, 0.25) is 0 Å². The Balaban J connectivity index is 0.000000209. The minimum absolute atomic E-state index is 0.0241. The van der Waals surface area contributed by atoms with Crippen LogP contribution >= 0.6 is 0 Å². The van der Waals surface area contributed by atoms with Gasteiger partial charge in [-0.3, -0.25) is 9.59 Å². The Hall–Kier alpha value is -6.81. The van der Waals surface area contributed by atoms with Gasteiger partial charge in [-0.1, -0.05) is 49.7 Å². The van der Waals surface area contributed by atoms with E-state index in [0.717, 1.165) is 114 Å². The molecule has 6 heterocycles. The summed E-state index contributed by atoms with van der Waals surface area (Å²) in [5.74, 6) is 2.11. The predicted octanol–water partition coefficient (Wildman–Crippen LogP) is 6.58. The first-order valence-electron chi connectivity index (χ1n) is 28.1. The van der Waals surface area contributed by atoms with Crippen LogP contribution in [-0.2, 0) is 16.1 Å². The Morgan fingerprint density at radius 1 is 0.922 bits per heavy atom. The molecule has 4 aliphatic heterocycles. The third-order valence-electron chi connectivity index (χ3n) is 16.0. The molecule has 2 aromatic carbocycles. The Labute approximate surface area is 454 Å². The second-order valence-corrected chi connectivity index (χ2v) is 22.1. The number of likely N-dealkylation sites (tertiary alicyclic amines) is 2. The van der Waals surface area contributed by atoms with Crippen molar-refractivity contribution in [2.45, 2.75) is 141 Å². The number of piperidine rings is 3. The van der Waals surface area contributed by atoms with Crippen molar-refractivity contribution in [3.8, 4) is 17.7 Å². The number of phenols is 1. The number of aromatic nitrogens is 2. The molecule has 18 nitrogen and oxygen atoms in total. The first-order chi connectivity index (χ1) is 37.2. The highest BCUT2D eigenvalue weighted by atomic mass is 16.5. The van der Waals surface area contributed by atoms with Crippen molar-refractivity contribution in [1.82, 2.24) is 35.5 Å². The van der Waals surface area contributed by atoms with Crippen molar-refractivity contribution in [2.75, 3.05) is 57.3 Å². The number of phenolic OH excluding ortho intramolecular Hbond substituents is 1. The van der Waals surface area contributed by atoms with E-state index < -0.39 is 12.0 Å². The first kappa shape index (κ1) is 56.4. The number of hydrogen-bond acceptors (Lipinski definition) is 16. The van der Waals surface area contributed by atoms with Crippen molar-refractivity contribution in [3.05, 3.63) is 119 Å². The van der Waals surface area contributed by atoms with Gasteiger partial charge in [0.25, 0.3) is 0 Å². The minimum Gasteiger partial charge on any atom is -0.507 e. The van der Waals surface area contributed by atoms with Crippen molar-refractivity contribution in [2.24, 2.45) is 29.0 Å². The SMILES string of the molecule is CC(NC(=O)C1CCCN1C(=O)C(c1cc(N2CCC(CN3CCC(O)CC3)CC2)no1)C(C)C)c1ccc(C#N)cc1.NC(N)=C(/C=C(\N)c1ccccc1O)N(Cc1ccnc(OC2CCC2)c1)CC1CCCCN1. The number of carbonyl (C=O) groups excluding carboxylic acids is 2. The average molecular weight is 1060 g/mol. The van der Waals surface area contributed by atoms with E-state index in [9.17, 15) is 19.8 Å². The van der Waals surface area contributed by atoms with Crippen LogP contribution in [0.25, 0.3) is 5.70 Å². The molecular weight excluding hydrogens is 973 g/mol. The largest absolute Gasteiger partial charge is 0.507 e. The molecule has 77 heavy (non-hydrogen) atoms. The predicted molar refractivity (Wildman–Crippen MR) is 297 cm³/mol. The third-order valence-corrected chi connectivity index (χ3v) is 16.0. The van der Waals surface area contributed by atoms with E-state index >= 15 is 0 Å². The van der Waals surface area contributed by atoms with Crippen LogP contribution in [0, 0.1) is 23.2 Å². The normalized spacial score (nSPS) is 20.5. The molecule has 0 spiro atoms. The van der Waals surface area contributed by atoms with Gasteiger partial charge < -0.3 is 66.9 Å². The molecule has 4 atom stereocenters. The Morgan fingerprint density at radius 2 is 1.68 bits per heavy atom. The van der Waals surface area contributed by atoms with Crippen molar-refractivity contribution in [3.63, 3.8) is 0 Å². The molecule has 2 amide bonds. The number of aromatic hydroxyl groups is 1. The van der Waals surface area contributed by atoms with E-state index in [0.29, 0.717) is 65.6 Å². The molecule has 414 valence electrons. The van der Waals surface area contributed by atoms with Gasteiger partial charge in [-0.25, -0.2) is 4.98 Å². The highest BCUT2D eigenvalue weighted by Crippen LogP contribution is 2.34. The van der Waals surface area contributed by atoms with Gasteiger partial charge in [0, 0.05) is 88.0 Å². The van der Waals surface area contributed by atoms with Crippen molar-refractivity contribution in [1.29, 1.82) is 5.26 Å². The van der Waals surface area contributed by atoms with E-state index in [1.54, 1.807) is 47.5 Å². The number of carbonyl (C=O) groups is 2. The van der Waals surface area contributed by atoms with Crippen molar-refractivity contribution >= 4 is 23.3 Å². The first-order valence-corrected chi connectivity index (χ1v) is 28.1. The Kier molecular flexibility index (Phi) is 19.8. The van der Waals surface area contributed by atoms with Gasteiger partial charge in [-0.2, -0.15) is 5.26 Å². The Morgan fingerprint density at radius 3 is 2.34 bits per heavy atom. The number of nitrogens with zero attached hydrogens (tertiary/aromatic N) is 7. The monoisotopic (exact) mass is 1050 g/mol. The molecule has 4 unspecified atom stereocenters. The number of para-hydroxylation sites is 1. The lowest BCUT2D eigenvalue weighted by Gasteiger charge is -2.36. The van der Waals surface area contributed by atoms with E-state index in [-0.39, 0.29) is 47.6 Å². The number of ether oxygens (including phenoxy) is 1. The number of aliphatic hydroxyl groups is 1. The standard InChI is InChI=1S/C33H46N6O4.C26H36N6O2/c1-22(2)31(29-19-30(36-43-29)38-17-10-25(11-18-38)21-37-15-12-27(40)13-16-37)33(42)39-14-4-5-28(39)32(41)35-23(3)26-8-6-24(20-34)7-9-26;27-22(21-9-1-2-10-24(21)33)15-23(26(28)29)32(17-19-6-3-4-12-30-19)16-18-11-13-31-25(14-18)34-20-7-5-8-20/h6-9,19,22-23,25,27-28,31,40H,4-5,10-18,21H2,1-3H3,(H,35,41);1-2,9-11,13-15,19-20,30,33H,3-8,12,16-17,27-29H2/b;22-15-. The van der Waals surface area contributed by atoms with Gasteiger partial charge in [0.15, 0.2) is 11.6 Å². The summed E-state index contributed by atoms with van der Waals surface area (Å²) in [6, 6.07) is 21.7. The summed E-state index contributed by atoms with van der Waals surface area (Å²) in [7, 11) is 0. The van der Waals surface area contributed by atoms with Crippen LogP contribution in [0.4, 0.5) is 5.82 Å². The number of nitrogens with two attached hydrogens (primary N) is 3. The molecule has 9 rings (SSSR count). The summed E-state index contributed by atoms with van der Waals surface area (Å²) < 4.78 is 11.8. The number of amides is 2. The zero-order valence-corrected chi connectivity index (χ0v) is 45.4. The van der Waals surface area contributed by atoms with Gasteiger partial charge >= 0.3 is 0 Å². The maximum atomic E-state index is 14.0. The number of benzene rings is 2. The molecule has 4 saturated heterocycles. The lowest BCUT2D eigenvalue weighted by atomic mass is 9.91. The maximum absolute atomic E-state index is 14.0. The van der Waals surface area contributed by atoms with Gasteiger partial charge in [0.1, 0.15) is 29.6 Å². The number of hydrogen-bond donors (Lipinski definition) is 7. The molecule has 18 heteroatoms. The number of aliphatic hydroxyl groups excluding tert-OH is 1. The molecule has 1 aliphatic carbocycles. The second-order valence-electron chi connectivity index (χ2n) is 22.1. The molecule has 10 N–H and O–H groups in total. The highest BCUT2D eigenvalue weighted by molar-refractivity contribution is 5.91.